The van der Waals surface area contributed by atoms with Crippen molar-refractivity contribution in [1.82, 2.24) is 9.88 Å². The first-order chi connectivity index (χ1) is 10.2. The first kappa shape index (κ1) is 13.8. The molecule has 1 aromatic carbocycles. The lowest BCUT2D eigenvalue weighted by molar-refractivity contribution is -0.0183. The highest BCUT2D eigenvalue weighted by Crippen LogP contribution is 2.19. The highest BCUT2D eigenvalue weighted by atomic mass is 16.5. The number of amides is 1. The Morgan fingerprint density at radius 3 is 3.05 bits per heavy atom. The largest absolute Gasteiger partial charge is 0.394 e. The maximum atomic E-state index is 12.7. The van der Waals surface area contributed by atoms with Gasteiger partial charge in [0.15, 0.2) is 0 Å². The minimum Gasteiger partial charge on any atom is -0.394 e. The molecule has 0 radical (unpaired) electrons. The summed E-state index contributed by atoms with van der Waals surface area (Å²) in [5, 5.41) is 10.1. The number of hydrogen-bond acceptors (Lipinski definition) is 4. The van der Waals surface area contributed by atoms with E-state index in [0.29, 0.717) is 36.2 Å². The van der Waals surface area contributed by atoms with Gasteiger partial charge in [-0.05, 0) is 6.07 Å². The van der Waals surface area contributed by atoms with Crippen LogP contribution in [0.25, 0.3) is 10.9 Å². The van der Waals surface area contributed by atoms with Crippen molar-refractivity contribution in [3.63, 3.8) is 0 Å². The molecule has 6 nitrogen and oxygen atoms in total. The van der Waals surface area contributed by atoms with Gasteiger partial charge in [-0.2, -0.15) is 0 Å². The Bertz CT molecular complexity index is 725. The number of fused-ring (bicyclic) bond motifs is 1. The summed E-state index contributed by atoms with van der Waals surface area (Å²) in [5.41, 5.74) is 0.669. The first-order valence-corrected chi connectivity index (χ1v) is 6.82. The van der Waals surface area contributed by atoms with Gasteiger partial charge in [-0.25, -0.2) is 0 Å². The predicted octanol–water partition coefficient (Wildman–Crippen LogP) is 0.361. The quantitative estimate of drug-likeness (QED) is 0.836. The fourth-order valence-electron chi connectivity index (χ4n) is 2.61. The van der Waals surface area contributed by atoms with Crippen molar-refractivity contribution in [3.8, 4) is 0 Å². The molecule has 1 amide bonds. The summed E-state index contributed by atoms with van der Waals surface area (Å²) in [7, 11) is 0. The second kappa shape index (κ2) is 5.67. The van der Waals surface area contributed by atoms with Crippen molar-refractivity contribution < 1.29 is 14.6 Å². The van der Waals surface area contributed by atoms with Gasteiger partial charge in [-0.15, -0.1) is 0 Å². The molecule has 6 heteroatoms. The van der Waals surface area contributed by atoms with E-state index in [1.165, 1.54) is 6.07 Å². The molecule has 0 bridgehead atoms. The lowest BCUT2D eigenvalue weighted by atomic mass is 10.1. The van der Waals surface area contributed by atoms with E-state index in [4.69, 9.17) is 4.74 Å². The van der Waals surface area contributed by atoms with Crippen LogP contribution in [-0.4, -0.2) is 53.3 Å². The highest BCUT2D eigenvalue weighted by molar-refractivity contribution is 6.06. The molecule has 0 aliphatic carbocycles. The molecule has 1 atom stereocenters. The number of hydrogen-bond donors (Lipinski definition) is 2. The molecule has 1 aromatic heterocycles. The molecule has 1 aliphatic heterocycles. The monoisotopic (exact) mass is 288 g/mol. The fourth-order valence-corrected chi connectivity index (χ4v) is 2.61. The molecule has 2 aromatic rings. The number of carbonyl (C=O) groups excluding carboxylic acids is 1. The molecule has 3 rings (SSSR count). The number of pyridine rings is 1. The van der Waals surface area contributed by atoms with Crippen molar-refractivity contribution in [3.05, 3.63) is 46.2 Å². The molecule has 1 aliphatic rings. The number of para-hydroxylation sites is 1. The molecule has 1 fully saturated rings. The summed E-state index contributed by atoms with van der Waals surface area (Å²) in [4.78, 5) is 28.8. The summed E-state index contributed by atoms with van der Waals surface area (Å²) in [6.45, 7) is 0.991. The van der Waals surface area contributed by atoms with Crippen molar-refractivity contribution in [2.24, 2.45) is 0 Å². The van der Waals surface area contributed by atoms with Crippen molar-refractivity contribution >= 4 is 16.8 Å². The van der Waals surface area contributed by atoms with Crippen molar-refractivity contribution in [2.75, 3.05) is 26.4 Å². The Labute approximate surface area is 121 Å². The zero-order valence-corrected chi connectivity index (χ0v) is 11.4. The SMILES string of the molecule is O=C(c1cc(=O)[nH]c2ccccc12)N1CCOC[C@@H]1CO. The molecule has 0 saturated carbocycles. The number of nitrogens with one attached hydrogen (secondary N) is 1. The van der Waals surface area contributed by atoms with Crippen molar-refractivity contribution in [2.45, 2.75) is 6.04 Å². The zero-order chi connectivity index (χ0) is 14.8. The lowest BCUT2D eigenvalue weighted by Gasteiger charge is -2.34. The Morgan fingerprint density at radius 1 is 1.43 bits per heavy atom. The van der Waals surface area contributed by atoms with Gasteiger partial charge >= 0.3 is 0 Å². The molecule has 1 saturated heterocycles. The minimum absolute atomic E-state index is 0.160. The van der Waals surface area contributed by atoms with Gasteiger partial charge in [-0.1, -0.05) is 18.2 Å². The smallest absolute Gasteiger partial charge is 0.255 e. The Morgan fingerprint density at radius 2 is 2.24 bits per heavy atom. The van der Waals surface area contributed by atoms with Crippen LogP contribution in [0.3, 0.4) is 0 Å². The number of H-pyrrole nitrogens is 1. The van der Waals surface area contributed by atoms with Gasteiger partial charge in [0.2, 0.25) is 5.56 Å². The molecular weight excluding hydrogens is 272 g/mol. The van der Waals surface area contributed by atoms with Gasteiger partial charge in [0.25, 0.3) is 5.91 Å². The fraction of sp³-hybridized carbons (Fsp3) is 0.333. The van der Waals surface area contributed by atoms with E-state index in [1.807, 2.05) is 6.07 Å². The molecule has 21 heavy (non-hydrogen) atoms. The van der Waals surface area contributed by atoms with Crippen LogP contribution >= 0.6 is 0 Å². The van der Waals surface area contributed by atoms with Crippen LogP contribution in [-0.2, 0) is 4.74 Å². The summed E-state index contributed by atoms with van der Waals surface area (Å²) < 4.78 is 5.28. The number of morpholine rings is 1. The van der Waals surface area contributed by atoms with E-state index >= 15 is 0 Å². The number of ether oxygens (including phenoxy) is 1. The third-order valence-corrected chi connectivity index (χ3v) is 3.68. The number of aromatic amines is 1. The first-order valence-electron chi connectivity index (χ1n) is 6.82. The van der Waals surface area contributed by atoms with E-state index in [1.54, 1.807) is 23.1 Å². The van der Waals surface area contributed by atoms with Crippen LogP contribution < -0.4 is 5.56 Å². The second-order valence-electron chi connectivity index (χ2n) is 5.00. The average molecular weight is 288 g/mol. The van der Waals surface area contributed by atoms with Crippen LogP contribution in [0.5, 0.6) is 0 Å². The predicted molar refractivity (Wildman–Crippen MR) is 77.3 cm³/mol. The number of benzene rings is 1. The Kier molecular flexibility index (Phi) is 3.72. The molecule has 2 N–H and O–H groups in total. The molecular formula is C15H16N2O4. The number of aliphatic hydroxyl groups is 1. The standard InChI is InChI=1S/C15H16N2O4/c18-8-10-9-21-6-5-17(10)15(20)12-7-14(19)16-13-4-2-1-3-11(12)13/h1-4,7,10,18H,5-6,8-9H2,(H,16,19)/t10-/m0/s1. The lowest BCUT2D eigenvalue weighted by Crippen LogP contribution is -2.50. The molecule has 110 valence electrons. The Hall–Kier alpha value is -2.18. The van der Waals surface area contributed by atoms with Gasteiger partial charge in [-0.3, -0.25) is 9.59 Å². The normalized spacial score (nSPS) is 18.9. The summed E-state index contributed by atoms with van der Waals surface area (Å²) in [6, 6.07) is 8.12. The van der Waals surface area contributed by atoms with E-state index in [-0.39, 0.29) is 24.1 Å². The Balaban J connectivity index is 2.07. The molecule has 0 spiro atoms. The topological polar surface area (TPSA) is 82.6 Å². The minimum atomic E-state index is -0.371. The number of aliphatic hydroxyl groups excluding tert-OH is 1. The van der Waals surface area contributed by atoms with E-state index in [2.05, 4.69) is 4.98 Å². The van der Waals surface area contributed by atoms with Crippen LogP contribution in [0, 0.1) is 0 Å². The number of aromatic nitrogens is 1. The highest BCUT2D eigenvalue weighted by Gasteiger charge is 2.28. The molecule has 2 heterocycles. The number of nitrogens with zero attached hydrogens (tertiary/aromatic N) is 1. The number of carbonyl (C=O) groups is 1. The summed E-state index contributed by atoms with van der Waals surface area (Å²) in [5.74, 6) is -0.250. The molecule has 0 unspecified atom stereocenters. The van der Waals surface area contributed by atoms with Crippen LogP contribution in [0.4, 0.5) is 0 Å². The van der Waals surface area contributed by atoms with E-state index in [9.17, 15) is 14.7 Å². The third kappa shape index (κ3) is 2.55. The van der Waals surface area contributed by atoms with Gasteiger partial charge in [0.05, 0.1) is 31.4 Å². The van der Waals surface area contributed by atoms with Crippen molar-refractivity contribution in [1.29, 1.82) is 0 Å². The maximum Gasteiger partial charge on any atom is 0.255 e. The van der Waals surface area contributed by atoms with E-state index in [0.717, 1.165) is 0 Å². The van der Waals surface area contributed by atoms with Gasteiger partial charge in [0, 0.05) is 23.5 Å². The van der Waals surface area contributed by atoms with E-state index < -0.39 is 0 Å². The maximum absolute atomic E-state index is 12.7. The summed E-state index contributed by atoms with van der Waals surface area (Å²) >= 11 is 0. The second-order valence-corrected chi connectivity index (χ2v) is 5.00. The van der Waals surface area contributed by atoms with Crippen LogP contribution in [0.2, 0.25) is 0 Å². The van der Waals surface area contributed by atoms with Crippen LogP contribution in [0.1, 0.15) is 10.4 Å². The zero-order valence-electron chi connectivity index (χ0n) is 11.4. The van der Waals surface area contributed by atoms with Gasteiger partial charge in [0.1, 0.15) is 0 Å². The average Bonchev–Trinajstić information content (AvgIpc) is 2.53. The summed E-state index contributed by atoms with van der Waals surface area (Å²) in [6.07, 6.45) is 0. The third-order valence-electron chi connectivity index (χ3n) is 3.68. The van der Waals surface area contributed by atoms with Crippen LogP contribution in [0.15, 0.2) is 35.1 Å². The van der Waals surface area contributed by atoms with Gasteiger partial charge < -0.3 is 19.7 Å². The number of rotatable bonds is 2.